The zero-order valence-corrected chi connectivity index (χ0v) is 10.8. The number of pyridine rings is 1. The van der Waals surface area contributed by atoms with Gasteiger partial charge in [0.25, 0.3) is 0 Å². The van der Waals surface area contributed by atoms with E-state index in [9.17, 15) is 0 Å². The van der Waals surface area contributed by atoms with Crippen LogP contribution in [0.3, 0.4) is 0 Å². The van der Waals surface area contributed by atoms with Crippen molar-refractivity contribution in [3.05, 3.63) is 53.9 Å². The van der Waals surface area contributed by atoms with Crippen molar-refractivity contribution in [2.24, 2.45) is 0 Å². The number of benzene rings is 1. The van der Waals surface area contributed by atoms with Crippen LogP contribution in [0.1, 0.15) is 11.3 Å². The van der Waals surface area contributed by atoms with Crippen molar-refractivity contribution in [2.45, 2.75) is 11.5 Å². The summed E-state index contributed by atoms with van der Waals surface area (Å²) in [7, 11) is 0. The Morgan fingerprint density at radius 3 is 2.72 bits per heavy atom. The zero-order chi connectivity index (χ0) is 12.8. The maximum atomic E-state index is 8.91. The second-order valence-electron chi connectivity index (χ2n) is 3.59. The van der Waals surface area contributed by atoms with Crippen molar-refractivity contribution in [1.82, 2.24) is 4.98 Å². The van der Waals surface area contributed by atoms with E-state index >= 15 is 0 Å². The maximum absolute atomic E-state index is 8.91. The average Bonchev–Trinajstić information content (AvgIpc) is 2.46. The smallest absolute Gasteiger partial charge is 0.147 e. The average molecular weight is 256 g/mol. The van der Waals surface area contributed by atoms with E-state index in [-0.39, 0.29) is 0 Å². The van der Waals surface area contributed by atoms with Gasteiger partial charge in [-0.05, 0) is 36.6 Å². The van der Waals surface area contributed by atoms with Gasteiger partial charge in [0.2, 0.25) is 0 Å². The molecule has 0 unspecified atom stereocenters. The summed E-state index contributed by atoms with van der Waals surface area (Å²) < 4.78 is 5.63. The number of hydrogen-bond donors (Lipinski definition) is 0. The highest BCUT2D eigenvalue weighted by molar-refractivity contribution is 7.98. The number of nitrogens with zero attached hydrogens (tertiary/aromatic N) is 2. The van der Waals surface area contributed by atoms with Gasteiger partial charge in [-0.2, -0.15) is 5.26 Å². The molecule has 1 aromatic heterocycles. The van der Waals surface area contributed by atoms with Crippen LogP contribution in [0.4, 0.5) is 0 Å². The van der Waals surface area contributed by atoms with Crippen molar-refractivity contribution < 1.29 is 4.74 Å². The summed E-state index contributed by atoms with van der Waals surface area (Å²) in [5, 5.41) is 8.91. The molecule has 0 amide bonds. The van der Waals surface area contributed by atoms with Crippen LogP contribution < -0.4 is 4.74 Å². The summed E-state index contributed by atoms with van der Waals surface area (Å²) in [5.41, 5.74) is 1.21. The van der Waals surface area contributed by atoms with Gasteiger partial charge in [0, 0.05) is 16.7 Å². The Labute approximate surface area is 110 Å². The predicted molar refractivity (Wildman–Crippen MR) is 71.5 cm³/mol. The lowest BCUT2D eigenvalue weighted by atomic mass is 10.2. The second kappa shape index (κ2) is 6.08. The van der Waals surface area contributed by atoms with E-state index in [2.05, 4.69) is 11.1 Å². The summed E-state index contributed by atoms with van der Waals surface area (Å²) in [6, 6.07) is 13.6. The number of ether oxygens (including phenoxy) is 1. The van der Waals surface area contributed by atoms with E-state index in [0.29, 0.717) is 12.3 Å². The molecule has 1 aromatic carbocycles. The summed E-state index contributed by atoms with van der Waals surface area (Å²) in [6.45, 7) is 0.356. The first kappa shape index (κ1) is 12.5. The first-order valence-corrected chi connectivity index (χ1v) is 6.67. The SMILES string of the molecule is CSc1ccc(OCc2cccnc2C#N)cc1. The standard InChI is InChI=1S/C14H12N2OS/c1-18-13-6-4-12(5-7-13)17-10-11-3-2-8-16-14(11)9-15/h2-8H,10H2,1H3. The van der Waals surface area contributed by atoms with Crippen molar-refractivity contribution >= 4 is 11.8 Å². The minimum absolute atomic E-state index is 0.356. The Morgan fingerprint density at radius 1 is 1.28 bits per heavy atom. The third-order valence-corrected chi connectivity index (χ3v) is 3.19. The molecule has 0 atom stereocenters. The molecule has 0 saturated carbocycles. The summed E-state index contributed by atoms with van der Waals surface area (Å²) >= 11 is 1.69. The second-order valence-corrected chi connectivity index (χ2v) is 4.47. The Bertz CT molecular complexity index is 561. The molecule has 0 N–H and O–H groups in total. The van der Waals surface area contributed by atoms with E-state index in [4.69, 9.17) is 10.00 Å². The van der Waals surface area contributed by atoms with E-state index in [0.717, 1.165) is 11.3 Å². The molecule has 90 valence electrons. The van der Waals surface area contributed by atoms with Crippen molar-refractivity contribution in [3.8, 4) is 11.8 Å². The molecule has 0 radical (unpaired) electrons. The van der Waals surface area contributed by atoms with Crippen LogP contribution in [-0.2, 0) is 6.61 Å². The molecule has 4 heteroatoms. The monoisotopic (exact) mass is 256 g/mol. The van der Waals surface area contributed by atoms with Gasteiger partial charge in [-0.25, -0.2) is 4.98 Å². The van der Waals surface area contributed by atoms with Crippen LogP contribution in [0.15, 0.2) is 47.5 Å². The van der Waals surface area contributed by atoms with Gasteiger partial charge in [-0.1, -0.05) is 6.07 Å². The molecule has 18 heavy (non-hydrogen) atoms. The Balaban J connectivity index is 2.05. The number of nitriles is 1. The van der Waals surface area contributed by atoms with Gasteiger partial charge in [-0.3, -0.25) is 0 Å². The quantitative estimate of drug-likeness (QED) is 0.788. The molecule has 0 saturated heterocycles. The van der Waals surface area contributed by atoms with E-state index in [1.54, 1.807) is 24.0 Å². The molecule has 1 heterocycles. The topological polar surface area (TPSA) is 45.9 Å². The molecule has 0 aliphatic rings. The lowest BCUT2D eigenvalue weighted by Crippen LogP contribution is -1.99. The number of rotatable bonds is 4. The van der Waals surface area contributed by atoms with Crippen LogP contribution in [0.2, 0.25) is 0 Å². The fourth-order valence-electron chi connectivity index (χ4n) is 1.49. The molecule has 0 spiro atoms. The Morgan fingerprint density at radius 2 is 2.06 bits per heavy atom. The predicted octanol–water partition coefficient (Wildman–Crippen LogP) is 3.25. The minimum Gasteiger partial charge on any atom is -0.489 e. The molecule has 2 rings (SSSR count). The van der Waals surface area contributed by atoms with Gasteiger partial charge in [-0.15, -0.1) is 11.8 Å². The third-order valence-electron chi connectivity index (χ3n) is 2.45. The lowest BCUT2D eigenvalue weighted by Gasteiger charge is -2.07. The van der Waals surface area contributed by atoms with Gasteiger partial charge in [0.1, 0.15) is 24.1 Å². The van der Waals surface area contributed by atoms with Crippen LogP contribution >= 0.6 is 11.8 Å². The highest BCUT2D eigenvalue weighted by atomic mass is 32.2. The molecule has 3 nitrogen and oxygen atoms in total. The van der Waals surface area contributed by atoms with Gasteiger partial charge >= 0.3 is 0 Å². The van der Waals surface area contributed by atoms with Crippen molar-refractivity contribution in [1.29, 1.82) is 5.26 Å². The van der Waals surface area contributed by atoms with Crippen LogP contribution in [0.25, 0.3) is 0 Å². The molecular weight excluding hydrogens is 244 g/mol. The summed E-state index contributed by atoms with van der Waals surface area (Å²) in [5.74, 6) is 0.792. The molecule has 0 fully saturated rings. The third kappa shape index (κ3) is 3.02. The fourth-order valence-corrected chi connectivity index (χ4v) is 1.90. The van der Waals surface area contributed by atoms with Crippen molar-refractivity contribution in [3.63, 3.8) is 0 Å². The highest BCUT2D eigenvalue weighted by Crippen LogP contribution is 2.20. The number of thioether (sulfide) groups is 1. The zero-order valence-electron chi connectivity index (χ0n) is 9.96. The number of aromatic nitrogens is 1. The van der Waals surface area contributed by atoms with Gasteiger partial charge < -0.3 is 4.74 Å². The van der Waals surface area contributed by atoms with Crippen LogP contribution in [-0.4, -0.2) is 11.2 Å². The Kier molecular flexibility index (Phi) is 4.21. The van der Waals surface area contributed by atoms with Crippen LogP contribution in [0.5, 0.6) is 5.75 Å². The van der Waals surface area contributed by atoms with Gasteiger partial charge in [0.15, 0.2) is 0 Å². The normalized spacial score (nSPS) is 9.78. The highest BCUT2D eigenvalue weighted by Gasteiger charge is 2.03. The number of hydrogen-bond acceptors (Lipinski definition) is 4. The first-order valence-electron chi connectivity index (χ1n) is 5.44. The Hall–Kier alpha value is -1.99. The summed E-state index contributed by atoms with van der Waals surface area (Å²) in [4.78, 5) is 5.19. The molecule has 0 aliphatic carbocycles. The van der Waals surface area contributed by atoms with Crippen LogP contribution in [0, 0.1) is 11.3 Å². The van der Waals surface area contributed by atoms with E-state index < -0.39 is 0 Å². The maximum Gasteiger partial charge on any atom is 0.147 e. The van der Waals surface area contributed by atoms with Gasteiger partial charge in [0.05, 0.1) is 0 Å². The molecule has 2 aromatic rings. The minimum atomic E-state index is 0.356. The van der Waals surface area contributed by atoms with E-state index in [1.807, 2.05) is 36.6 Å². The molecule has 0 aliphatic heterocycles. The summed E-state index contributed by atoms with van der Waals surface area (Å²) in [6.07, 6.45) is 3.64. The lowest BCUT2D eigenvalue weighted by molar-refractivity contribution is 0.305. The molecular formula is C14H12N2OS. The molecule has 0 bridgehead atoms. The van der Waals surface area contributed by atoms with Crippen molar-refractivity contribution in [2.75, 3.05) is 6.26 Å². The fraction of sp³-hybridized carbons (Fsp3) is 0.143. The largest absolute Gasteiger partial charge is 0.489 e. The first-order chi connectivity index (χ1) is 8.83. The van der Waals surface area contributed by atoms with E-state index in [1.165, 1.54) is 4.90 Å².